The summed E-state index contributed by atoms with van der Waals surface area (Å²) in [4.78, 5) is 0. The number of hydrogen-bond acceptors (Lipinski definition) is 4. The van der Waals surface area contributed by atoms with Gasteiger partial charge in [-0.15, -0.1) is 0 Å². The Hall–Kier alpha value is -1.58. The third kappa shape index (κ3) is 1.14. The molecule has 0 heterocycles. The topological polar surface area (TPSA) is 87.3 Å². The largest absolute Gasteiger partial charge is 0.492 e. The van der Waals surface area contributed by atoms with Crippen LogP contribution in [0.2, 0.25) is 0 Å². The van der Waals surface area contributed by atoms with Crippen LogP contribution in [0.3, 0.4) is 0 Å². The van der Waals surface area contributed by atoms with Gasteiger partial charge in [-0.2, -0.15) is 0 Å². The molecule has 0 spiro atoms. The number of methoxy groups -OCH3 is 1. The zero-order valence-electron chi connectivity index (χ0n) is 6.29. The number of anilines is 3. The summed E-state index contributed by atoms with van der Waals surface area (Å²) >= 11 is 0. The zero-order chi connectivity index (χ0) is 8.43. The maximum atomic E-state index is 5.56. The van der Waals surface area contributed by atoms with Gasteiger partial charge in [0, 0.05) is 0 Å². The first kappa shape index (κ1) is 7.53. The fourth-order valence-electron chi connectivity index (χ4n) is 0.859. The average molecular weight is 153 g/mol. The second-order valence-corrected chi connectivity index (χ2v) is 2.19. The summed E-state index contributed by atoms with van der Waals surface area (Å²) in [6.45, 7) is 0. The monoisotopic (exact) mass is 153 g/mol. The zero-order valence-corrected chi connectivity index (χ0v) is 6.29. The molecule has 4 nitrogen and oxygen atoms in total. The summed E-state index contributed by atoms with van der Waals surface area (Å²) in [6.07, 6.45) is 0. The quantitative estimate of drug-likeness (QED) is 0.511. The molecular formula is C7H11N3O. The molecule has 0 unspecified atom stereocenters. The van der Waals surface area contributed by atoms with Crippen molar-refractivity contribution in [3.05, 3.63) is 12.1 Å². The smallest absolute Gasteiger partial charge is 0.166 e. The van der Waals surface area contributed by atoms with Gasteiger partial charge in [0.25, 0.3) is 0 Å². The number of hydrogen-bond donors (Lipinski definition) is 3. The summed E-state index contributed by atoms with van der Waals surface area (Å²) in [5, 5.41) is 0. The summed E-state index contributed by atoms with van der Waals surface area (Å²) in [7, 11) is 1.50. The van der Waals surface area contributed by atoms with Gasteiger partial charge in [0.05, 0.1) is 24.2 Å². The lowest BCUT2D eigenvalue weighted by Gasteiger charge is -2.08. The normalized spacial score (nSPS) is 9.55. The summed E-state index contributed by atoms with van der Waals surface area (Å²) in [5.41, 5.74) is 18.0. The van der Waals surface area contributed by atoms with Crippen molar-refractivity contribution in [1.82, 2.24) is 0 Å². The molecule has 0 aliphatic rings. The lowest BCUT2D eigenvalue weighted by molar-refractivity contribution is 0.419. The van der Waals surface area contributed by atoms with Crippen molar-refractivity contribution >= 4 is 17.1 Å². The minimum absolute atomic E-state index is 0.396. The highest BCUT2D eigenvalue weighted by Gasteiger charge is 2.05. The van der Waals surface area contributed by atoms with Gasteiger partial charge in [0.15, 0.2) is 5.75 Å². The Bertz CT molecular complexity index is 273. The first-order chi connectivity index (χ1) is 5.16. The molecule has 0 atom stereocenters. The van der Waals surface area contributed by atoms with Gasteiger partial charge in [-0.25, -0.2) is 0 Å². The SMILES string of the molecule is COc1c(N)ccc(N)c1N. The van der Waals surface area contributed by atoms with E-state index in [-0.39, 0.29) is 0 Å². The number of ether oxygens (including phenoxy) is 1. The van der Waals surface area contributed by atoms with Crippen LogP contribution in [0.4, 0.5) is 17.1 Å². The van der Waals surface area contributed by atoms with E-state index in [4.69, 9.17) is 21.9 Å². The minimum Gasteiger partial charge on any atom is -0.492 e. The van der Waals surface area contributed by atoms with E-state index < -0.39 is 0 Å². The Labute approximate surface area is 64.9 Å². The molecule has 60 valence electrons. The molecule has 0 saturated heterocycles. The fraction of sp³-hybridized carbons (Fsp3) is 0.143. The predicted octanol–water partition coefficient (Wildman–Crippen LogP) is 0.442. The molecule has 0 aromatic heterocycles. The van der Waals surface area contributed by atoms with Gasteiger partial charge in [0.1, 0.15) is 0 Å². The number of nitrogen functional groups attached to an aromatic ring is 3. The Balaban J connectivity index is 3.29. The molecular weight excluding hydrogens is 142 g/mol. The molecule has 1 aromatic rings. The highest BCUT2D eigenvalue weighted by atomic mass is 16.5. The van der Waals surface area contributed by atoms with E-state index in [1.165, 1.54) is 7.11 Å². The third-order valence-electron chi connectivity index (χ3n) is 1.46. The van der Waals surface area contributed by atoms with E-state index in [1.54, 1.807) is 12.1 Å². The highest BCUT2D eigenvalue weighted by molar-refractivity contribution is 5.78. The van der Waals surface area contributed by atoms with Gasteiger partial charge in [-0.3, -0.25) is 0 Å². The Kier molecular flexibility index (Phi) is 1.76. The van der Waals surface area contributed by atoms with E-state index in [9.17, 15) is 0 Å². The third-order valence-corrected chi connectivity index (χ3v) is 1.46. The van der Waals surface area contributed by atoms with Crippen LogP contribution in [0, 0.1) is 0 Å². The molecule has 4 heteroatoms. The van der Waals surface area contributed by atoms with Crippen molar-refractivity contribution in [3.63, 3.8) is 0 Å². The number of nitrogens with two attached hydrogens (primary N) is 3. The molecule has 0 saturated carbocycles. The van der Waals surface area contributed by atoms with Crippen molar-refractivity contribution in [2.75, 3.05) is 24.3 Å². The van der Waals surface area contributed by atoms with E-state index >= 15 is 0 Å². The van der Waals surface area contributed by atoms with Crippen LogP contribution in [0.25, 0.3) is 0 Å². The molecule has 0 radical (unpaired) electrons. The highest BCUT2D eigenvalue weighted by Crippen LogP contribution is 2.32. The standard InChI is InChI=1S/C7H11N3O/c1-11-7-5(9)3-2-4(8)6(7)10/h2-3H,8-10H2,1H3. The molecule has 0 aliphatic heterocycles. The van der Waals surface area contributed by atoms with Crippen LogP contribution in [0.15, 0.2) is 12.1 Å². The predicted molar refractivity (Wildman–Crippen MR) is 46.2 cm³/mol. The van der Waals surface area contributed by atoms with Crippen molar-refractivity contribution < 1.29 is 4.74 Å². The average Bonchev–Trinajstić information content (AvgIpc) is 1.99. The van der Waals surface area contributed by atoms with Crippen LogP contribution in [-0.2, 0) is 0 Å². The van der Waals surface area contributed by atoms with Gasteiger partial charge in [0.2, 0.25) is 0 Å². The Morgan fingerprint density at radius 2 is 1.64 bits per heavy atom. The Morgan fingerprint density at radius 3 is 2.09 bits per heavy atom. The van der Waals surface area contributed by atoms with Gasteiger partial charge < -0.3 is 21.9 Å². The van der Waals surface area contributed by atoms with E-state index in [0.717, 1.165) is 0 Å². The van der Waals surface area contributed by atoms with Crippen molar-refractivity contribution in [2.45, 2.75) is 0 Å². The van der Waals surface area contributed by atoms with Gasteiger partial charge >= 0.3 is 0 Å². The molecule has 0 aliphatic carbocycles. The van der Waals surface area contributed by atoms with E-state index in [0.29, 0.717) is 22.8 Å². The van der Waals surface area contributed by atoms with Gasteiger partial charge in [-0.1, -0.05) is 0 Å². The lowest BCUT2D eigenvalue weighted by atomic mass is 10.2. The van der Waals surface area contributed by atoms with Crippen molar-refractivity contribution in [2.24, 2.45) is 0 Å². The molecule has 0 amide bonds. The number of rotatable bonds is 1. The van der Waals surface area contributed by atoms with Gasteiger partial charge in [-0.05, 0) is 12.1 Å². The molecule has 1 aromatic carbocycles. The molecule has 0 fully saturated rings. The molecule has 11 heavy (non-hydrogen) atoms. The van der Waals surface area contributed by atoms with Crippen molar-refractivity contribution in [3.8, 4) is 5.75 Å². The van der Waals surface area contributed by atoms with Crippen LogP contribution in [0.1, 0.15) is 0 Å². The maximum absolute atomic E-state index is 5.56. The summed E-state index contributed by atoms with van der Waals surface area (Å²) < 4.78 is 4.93. The first-order valence-corrected chi connectivity index (χ1v) is 3.14. The lowest BCUT2D eigenvalue weighted by Crippen LogP contribution is -2.01. The fourth-order valence-corrected chi connectivity index (χ4v) is 0.859. The number of benzene rings is 1. The van der Waals surface area contributed by atoms with Crippen LogP contribution < -0.4 is 21.9 Å². The summed E-state index contributed by atoms with van der Waals surface area (Å²) in [6, 6.07) is 3.30. The van der Waals surface area contributed by atoms with Crippen LogP contribution in [-0.4, -0.2) is 7.11 Å². The second kappa shape index (κ2) is 2.57. The van der Waals surface area contributed by atoms with Crippen LogP contribution in [0.5, 0.6) is 5.75 Å². The molecule has 1 rings (SSSR count). The molecule has 0 bridgehead atoms. The maximum Gasteiger partial charge on any atom is 0.166 e. The first-order valence-electron chi connectivity index (χ1n) is 3.14. The Morgan fingerprint density at radius 1 is 1.09 bits per heavy atom. The van der Waals surface area contributed by atoms with Crippen molar-refractivity contribution in [1.29, 1.82) is 0 Å². The van der Waals surface area contributed by atoms with E-state index in [1.807, 2.05) is 0 Å². The second-order valence-electron chi connectivity index (χ2n) is 2.19. The summed E-state index contributed by atoms with van der Waals surface area (Å²) in [5.74, 6) is 0.449. The van der Waals surface area contributed by atoms with E-state index in [2.05, 4.69) is 0 Å². The minimum atomic E-state index is 0.396. The molecule has 6 N–H and O–H groups in total. The van der Waals surface area contributed by atoms with Crippen LogP contribution >= 0.6 is 0 Å².